The smallest absolute Gasteiger partial charge is 0.0384 e. The van der Waals surface area contributed by atoms with Gasteiger partial charge in [0.2, 0.25) is 0 Å². The first kappa shape index (κ1) is 34.9. The first-order chi connectivity index (χ1) is 25.8. The highest BCUT2D eigenvalue weighted by atomic mass is 14.9. The van der Waals surface area contributed by atoms with Crippen molar-refractivity contribution in [1.29, 1.82) is 0 Å². The average Bonchev–Trinajstić information content (AvgIpc) is 3.23. The molecule has 0 bridgehead atoms. The predicted molar refractivity (Wildman–Crippen MR) is 223 cm³/mol. The highest BCUT2D eigenvalue weighted by Crippen LogP contribution is 2.36. The van der Waals surface area contributed by atoms with Gasteiger partial charge in [-0.05, 0) is 81.9 Å². The first-order valence-electron chi connectivity index (χ1n) is 17.5. The molecule has 2 heteroatoms. The molecule has 0 amide bonds. The van der Waals surface area contributed by atoms with Gasteiger partial charge in [0.05, 0.1) is 0 Å². The molecule has 0 saturated heterocycles. The van der Waals surface area contributed by atoms with E-state index in [0.717, 1.165) is 22.7 Å². The summed E-state index contributed by atoms with van der Waals surface area (Å²) in [5.74, 6) is 0. The monoisotopic (exact) mass is 670 g/mol. The van der Waals surface area contributed by atoms with E-state index >= 15 is 0 Å². The molecule has 2 N–H and O–H groups in total. The largest absolute Gasteiger partial charge is 0.356 e. The van der Waals surface area contributed by atoms with E-state index in [1.165, 1.54) is 33.4 Å². The predicted octanol–water partition coefficient (Wildman–Crippen LogP) is 13.6. The maximum absolute atomic E-state index is 3.30. The SMILES string of the molecule is c1ccc(C(=C(c2ccccc2)c2ccccc2)c2ccccc2)cc1.c1ccc(Nc2ccccc2)cc1.c1ccc(Nc2ccccc2)cc1. The lowest BCUT2D eigenvalue weighted by molar-refractivity contribution is 1.50. The minimum Gasteiger partial charge on any atom is -0.356 e. The molecule has 0 aliphatic heterocycles. The second-order valence-electron chi connectivity index (χ2n) is 11.9. The first-order valence-corrected chi connectivity index (χ1v) is 17.5. The highest BCUT2D eigenvalue weighted by Gasteiger charge is 2.15. The molecule has 252 valence electrons. The number of rotatable bonds is 8. The van der Waals surface area contributed by atoms with Crippen molar-refractivity contribution in [2.45, 2.75) is 0 Å². The van der Waals surface area contributed by atoms with Crippen molar-refractivity contribution in [3.05, 3.63) is 265 Å². The number of para-hydroxylation sites is 4. The van der Waals surface area contributed by atoms with Crippen molar-refractivity contribution in [2.75, 3.05) is 10.6 Å². The number of benzene rings is 8. The van der Waals surface area contributed by atoms with Gasteiger partial charge in [0.15, 0.2) is 0 Å². The second kappa shape index (κ2) is 19.3. The summed E-state index contributed by atoms with van der Waals surface area (Å²) >= 11 is 0. The van der Waals surface area contributed by atoms with E-state index in [-0.39, 0.29) is 0 Å². The Labute approximate surface area is 308 Å². The van der Waals surface area contributed by atoms with Gasteiger partial charge in [-0.1, -0.05) is 194 Å². The summed E-state index contributed by atoms with van der Waals surface area (Å²) in [7, 11) is 0. The van der Waals surface area contributed by atoms with Crippen LogP contribution < -0.4 is 10.6 Å². The molecule has 0 heterocycles. The third kappa shape index (κ3) is 10.5. The maximum atomic E-state index is 3.30. The van der Waals surface area contributed by atoms with Crippen molar-refractivity contribution in [2.24, 2.45) is 0 Å². The van der Waals surface area contributed by atoms with Crippen LogP contribution in [0.15, 0.2) is 243 Å². The molecule has 0 saturated carbocycles. The van der Waals surface area contributed by atoms with E-state index in [1.807, 2.05) is 121 Å². The summed E-state index contributed by atoms with van der Waals surface area (Å²) in [5, 5.41) is 6.61. The van der Waals surface area contributed by atoms with Crippen molar-refractivity contribution < 1.29 is 0 Å². The quantitative estimate of drug-likeness (QED) is 0.157. The zero-order chi connectivity index (χ0) is 35.5. The Morgan fingerprint density at radius 2 is 0.346 bits per heavy atom. The summed E-state index contributed by atoms with van der Waals surface area (Å²) in [5.41, 5.74) is 11.9. The van der Waals surface area contributed by atoms with E-state index in [0.29, 0.717) is 0 Å². The fourth-order valence-corrected chi connectivity index (χ4v) is 5.75. The van der Waals surface area contributed by atoms with E-state index in [1.54, 1.807) is 0 Å². The van der Waals surface area contributed by atoms with E-state index in [2.05, 4.69) is 132 Å². The van der Waals surface area contributed by atoms with E-state index < -0.39 is 0 Å². The lowest BCUT2D eigenvalue weighted by Crippen LogP contribution is -1.97. The zero-order valence-electron chi connectivity index (χ0n) is 29.1. The normalized spacial score (nSPS) is 9.92. The molecule has 0 spiro atoms. The number of anilines is 4. The standard InChI is InChI=1S/C26H20.2C12H11N/c1-5-13-21(14-6-1)25(22-15-7-2-8-16-22)26(23-17-9-3-10-18-23)24-19-11-4-12-20-24;2*1-3-7-11(8-4-1)13-12-9-5-2-6-10-12/h1-20H;2*1-10,13H. The molecule has 52 heavy (non-hydrogen) atoms. The van der Waals surface area contributed by atoms with Crippen molar-refractivity contribution >= 4 is 33.9 Å². The molecule has 0 atom stereocenters. The second-order valence-corrected chi connectivity index (χ2v) is 11.9. The zero-order valence-corrected chi connectivity index (χ0v) is 29.1. The van der Waals surface area contributed by atoms with E-state index in [9.17, 15) is 0 Å². The lowest BCUT2D eigenvalue weighted by Gasteiger charge is -2.18. The van der Waals surface area contributed by atoms with Gasteiger partial charge in [-0.15, -0.1) is 0 Å². The Balaban J connectivity index is 0.000000149. The summed E-state index contributed by atoms with van der Waals surface area (Å²) in [4.78, 5) is 0. The number of nitrogens with one attached hydrogen (secondary N) is 2. The van der Waals surface area contributed by atoms with Gasteiger partial charge in [0.25, 0.3) is 0 Å². The topological polar surface area (TPSA) is 24.1 Å². The van der Waals surface area contributed by atoms with Gasteiger partial charge in [-0.3, -0.25) is 0 Å². The van der Waals surface area contributed by atoms with Crippen molar-refractivity contribution in [3.63, 3.8) is 0 Å². The summed E-state index contributed by atoms with van der Waals surface area (Å²) in [6.07, 6.45) is 0. The fourth-order valence-electron chi connectivity index (χ4n) is 5.75. The van der Waals surface area contributed by atoms with Crippen LogP contribution in [-0.2, 0) is 0 Å². The van der Waals surface area contributed by atoms with Gasteiger partial charge < -0.3 is 10.6 Å². The number of hydrogen-bond donors (Lipinski definition) is 2. The van der Waals surface area contributed by atoms with E-state index in [4.69, 9.17) is 0 Å². The highest BCUT2D eigenvalue weighted by molar-refractivity contribution is 6.04. The number of hydrogen-bond acceptors (Lipinski definition) is 2. The van der Waals surface area contributed by atoms with Crippen LogP contribution in [0.2, 0.25) is 0 Å². The molecule has 0 fully saturated rings. The van der Waals surface area contributed by atoms with Gasteiger partial charge in [0, 0.05) is 22.7 Å². The maximum Gasteiger partial charge on any atom is 0.0384 e. The Kier molecular flexibility index (Phi) is 13.0. The van der Waals surface area contributed by atoms with Gasteiger partial charge in [0.1, 0.15) is 0 Å². The van der Waals surface area contributed by atoms with Crippen LogP contribution in [0.1, 0.15) is 22.3 Å². The summed E-state index contributed by atoms with van der Waals surface area (Å²) in [6.45, 7) is 0. The molecule has 0 radical (unpaired) electrons. The Bertz CT molecular complexity index is 1850. The molecule has 8 aromatic carbocycles. The Morgan fingerprint density at radius 1 is 0.192 bits per heavy atom. The third-order valence-electron chi connectivity index (χ3n) is 8.17. The molecule has 8 aromatic rings. The van der Waals surface area contributed by atoms with Crippen LogP contribution in [-0.4, -0.2) is 0 Å². The minimum atomic E-state index is 1.12. The minimum absolute atomic E-state index is 1.12. The van der Waals surface area contributed by atoms with Gasteiger partial charge in [-0.25, -0.2) is 0 Å². The average molecular weight is 671 g/mol. The third-order valence-corrected chi connectivity index (χ3v) is 8.17. The summed E-state index contributed by atoms with van der Waals surface area (Å²) < 4.78 is 0. The Morgan fingerprint density at radius 3 is 0.519 bits per heavy atom. The fraction of sp³-hybridized carbons (Fsp3) is 0. The van der Waals surface area contributed by atoms with Crippen LogP contribution in [0, 0.1) is 0 Å². The van der Waals surface area contributed by atoms with Crippen molar-refractivity contribution in [1.82, 2.24) is 0 Å². The van der Waals surface area contributed by atoms with Crippen LogP contribution in [0.4, 0.5) is 22.7 Å². The molecule has 0 aromatic heterocycles. The van der Waals surface area contributed by atoms with Crippen LogP contribution in [0.5, 0.6) is 0 Å². The Hall–Kier alpha value is -6.90. The van der Waals surface area contributed by atoms with Crippen LogP contribution in [0.3, 0.4) is 0 Å². The molecule has 0 unspecified atom stereocenters. The summed E-state index contributed by atoms with van der Waals surface area (Å²) in [6, 6.07) is 83.2. The molecule has 0 aliphatic carbocycles. The molecule has 0 aliphatic rings. The molecule has 8 rings (SSSR count). The van der Waals surface area contributed by atoms with Crippen molar-refractivity contribution in [3.8, 4) is 0 Å². The van der Waals surface area contributed by atoms with Crippen LogP contribution >= 0.6 is 0 Å². The molecular formula is C50H42N2. The lowest BCUT2D eigenvalue weighted by atomic mass is 9.86. The van der Waals surface area contributed by atoms with Gasteiger partial charge in [-0.2, -0.15) is 0 Å². The van der Waals surface area contributed by atoms with Crippen LogP contribution in [0.25, 0.3) is 11.1 Å². The molecule has 2 nitrogen and oxygen atoms in total. The molecular weight excluding hydrogens is 629 g/mol. The van der Waals surface area contributed by atoms with Gasteiger partial charge >= 0.3 is 0 Å².